The molecule has 0 fully saturated rings. The van der Waals surface area contributed by atoms with Crippen LogP contribution in [-0.2, 0) is 17.8 Å². The molecule has 0 aliphatic rings. The molecular weight excluding hydrogens is 256 g/mol. The summed E-state index contributed by atoms with van der Waals surface area (Å²) in [6.07, 6.45) is 6.05. The van der Waals surface area contributed by atoms with Crippen molar-refractivity contribution in [2.75, 3.05) is 7.05 Å². The molecular formula is C15H18N2OS. The third-order valence-corrected chi connectivity index (χ3v) is 3.90. The van der Waals surface area contributed by atoms with Gasteiger partial charge in [-0.15, -0.1) is 11.3 Å². The van der Waals surface area contributed by atoms with Gasteiger partial charge in [0.15, 0.2) is 0 Å². The number of thiophene rings is 1. The number of rotatable bonds is 6. The van der Waals surface area contributed by atoms with E-state index in [0.717, 1.165) is 18.4 Å². The fraction of sp³-hybridized carbons (Fsp3) is 0.333. The smallest absolute Gasteiger partial charge is 0.222 e. The van der Waals surface area contributed by atoms with E-state index in [9.17, 15) is 4.79 Å². The molecule has 4 heteroatoms. The highest BCUT2D eigenvalue weighted by Crippen LogP contribution is 2.12. The molecule has 0 bridgehead atoms. The number of aromatic nitrogens is 1. The van der Waals surface area contributed by atoms with Crippen molar-refractivity contribution in [2.45, 2.75) is 25.8 Å². The predicted molar refractivity (Wildman–Crippen MR) is 78.0 cm³/mol. The number of aryl methyl sites for hydroxylation is 1. The van der Waals surface area contributed by atoms with Gasteiger partial charge in [0, 0.05) is 37.3 Å². The average molecular weight is 274 g/mol. The first-order valence-electron chi connectivity index (χ1n) is 6.41. The largest absolute Gasteiger partial charge is 0.341 e. The molecule has 0 radical (unpaired) electrons. The number of hydrogen-bond acceptors (Lipinski definition) is 3. The van der Waals surface area contributed by atoms with Crippen LogP contribution >= 0.6 is 11.3 Å². The van der Waals surface area contributed by atoms with Crippen molar-refractivity contribution >= 4 is 17.2 Å². The molecule has 0 N–H and O–H groups in total. The first-order chi connectivity index (χ1) is 9.25. The van der Waals surface area contributed by atoms with Gasteiger partial charge in [-0.2, -0.15) is 0 Å². The summed E-state index contributed by atoms with van der Waals surface area (Å²) in [5, 5.41) is 2.08. The molecule has 100 valence electrons. The van der Waals surface area contributed by atoms with Gasteiger partial charge < -0.3 is 4.90 Å². The zero-order valence-corrected chi connectivity index (χ0v) is 11.9. The molecule has 2 aromatic rings. The summed E-state index contributed by atoms with van der Waals surface area (Å²) in [7, 11) is 1.85. The summed E-state index contributed by atoms with van der Waals surface area (Å²) in [6, 6.07) is 8.05. The minimum absolute atomic E-state index is 0.195. The van der Waals surface area contributed by atoms with E-state index >= 15 is 0 Å². The molecule has 1 amide bonds. The minimum Gasteiger partial charge on any atom is -0.341 e. The number of carbonyl (C=O) groups is 1. The summed E-state index contributed by atoms with van der Waals surface area (Å²) in [6.45, 7) is 0.631. The predicted octanol–water partition coefficient (Wildman–Crippen LogP) is 3.12. The van der Waals surface area contributed by atoms with Gasteiger partial charge in [-0.3, -0.25) is 9.78 Å². The van der Waals surface area contributed by atoms with Crippen molar-refractivity contribution in [1.82, 2.24) is 9.88 Å². The lowest BCUT2D eigenvalue weighted by Gasteiger charge is -2.16. The standard InChI is InChI=1S/C15H18N2OS/c1-17(12-13-5-3-9-16-11-13)15(18)8-2-6-14-7-4-10-19-14/h3-5,7,9-11H,2,6,8,12H2,1H3. The summed E-state index contributed by atoms with van der Waals surface area (Å²) in [5.74, 6) is 0.195. The molecule has 2 rings (SSSR count). The minimum atomic E-state index is 0.195. The second-order valence-corrected chi connectivity index (χ2v) is 5.58. The Morgan fingerprint density at radius 1 is 1.37 bits per heavy atom. The lowest BCUT2D eigenvalue weighted by molar-refractivity contribution is -0.130. The fourth-order valence-electron chi connectivity index (χ4n) is 1.91. The molecule has 19 heavy (non-hydrogen) atoms. The summed E-state index contributed by atoms with van der Waals surface area (Å²) in [4.78, 5) is 19.2. The first kappa shape index (κ1) is 13.7. The molecule has 3 nitrogen and oxygen atoms in total. The monoisotopic (exact) mass is 274 g/mol. The van der Waals surface area contributed by atoms with Crippen LogP contribution in [0.3, 0.4) is 0 Å². The van der Waals surface area contributed by atoms with Gasteiger partial charge in [0.05, 0.1) is 0 Å². The van der Waals surface area contributed by atoms with Crippen LogP contribution in [0.5, 0.6) is 0 Å². The van der Waals surface area contributed by atoms with E-state index in [1.807, 2.05) is 19.2 Å². The van der Waals surface area contributed by atoms with Gasteiger partial charge in [-0.1, -0.05) is 12.1 Å². The van der Waals surface area contributed by atoms with Crippen LogP contribution in [0.25, 0.3) is 0 Å². The van der Waals surface area contributed by atoms with Crippen molar-refractivity contribution in [3.8, 4) is 0 Å². The van der Waals surface area contributed by atoms with Crippen LogP contribution in [0.4, 0.5) is 0 Å². The van der Waals surface area contributed by atoms with Crippen molar-refractivity contribution < 1.29 is 4.79 Å². The fourth-order valence-corrected chi connectivity index (χ4v) is 2.66. The van der Waals surface area contributed by atoms with Crippen LogP contribution in [0.1, 0.15) is 23.3 Å². The van der Waals surface area contributed by atoms with E-state index in [2.05, 4.69) is 22.5 Å². The van der Waals surface area contributed by atoms with E-state index < -0.39 is 0 Å². The Bertz CT molecular complexity index is 496. The van der Waals surface area contributed by atoms with Crippen LogP contribution < -0.4 is 0 Å². The maximum Gasteiger partial charge on any atom is 0.222 e. The second kappa shape index (κ2) is 7.04. The number of carbonyl (C=O) groups excluding carboxylic acids is 1. The van der Waals surface area contributed by atoms with Crippen LogP contribution in [0, 0.1) is 0 Å². The van der Waals surface area contributed by atoms with Crippen molar-refractivity contribution in [3.63, 3.8) is 0 Å². The van der Waals surface area contributed by atoms with Crippen molar-refractivity contribution in [2.24, 2.45) is 0 Å². The van der Waals surface area contributed by atoms with Crippen LogP contribution in [0.15, 0.2) is 42.0 Å². The molecule has 0 unspecified atom stereocenters. The molecule has 2 heterocycles. The molecule has 0 saturated heterocycles. The zero-order chi connectivity index (χ0) is 13.5. The van der Waals surface area contributed by atoms with Gasteiger partial charge in [-0.25, -0.2) is 0 Å². The number of pyridine rings is 1. The van der Waals surface area contributed by atoms with Crippen LogP contribution in [-0.4, -0.2) is 22.8 Å². The van der Waals surface area contributed by atoms with Crippen LogP contribution in [0.2, 0.25) is 0 Å². The van der Waals surface area contributed by atoms with E-state index in [-0.39, 0.29) is 5.91 Å². The third kappa shape index (κ3) is 4.48. The average Bonchev–Trinajstić information content (AvgIpc) is 2.93. The second-order valence-electron chi connectivity index (χ2n) is 4.54. The molecule has 0 atom stereocenters. The van der Waals surface area contributed by atoms with Gasteiger partial charge in [-0.05, 0) is 35.9 Å². The first-order valence-corrected chi connectivity index (χ1v) is 7.29. The number of hydrogen-bond donors (Lipinski definition) is 0. The van der Waals surface area contributed by atoms with Gasteiger partial charge in [0.25, 0.3) is 0 Å². The number of amides is 1. The molecule has 0 saturated carbocycles. The Balaban J connectivity index is 1.73. The highest BCUT2D eigenvalue weighted by molar-refractivity contribution is 7.09. The van der Waals surface area contributed by atoms with E-state index in [1.165, 1.54) is 4.88 Å². The van der Waals surface area contributed by atoms with Gasteiger partial charge in [0.2, 0.25) is 5.91 Å². The highest BCUT2D eigenvalue weighted by Gasteiger charge is 2.09. The quantitative estimate of drug-likeness (QED) is 0.811. The Kier molecular flexibility index (Phi) is 5.10. The number of nitrogens with zero attached hydrogens (tertiary/aromatic N) is 2. The Morgan fingerprint density at radius 3 is 2.95 bits per heavy atom. The lowest BCUT2D eigenvalue weighted by atomic mass is 10.2. The lowest BCUT2D eigenvalue weighted by Crippen LogP contribution is -2.26. The van der Waals surface area contributed by atoms with E-state index in [4.69, 9.17) is 0 Å². The molecule has 2 aromatic heterocycles. The van der Waals surface area contributed by atoms with E-state index in [1.54, 1.807) is 28.6 Å². The summed E-state index contributed by atoms with van der Waals surface area (Å²) >= 11 is 1.75. The summed E-state index contributed by atoms with van der Waals surface area (Å²) < 4.78 is 0. The molecule has 0 aromatic carbocycles. The van der Waals surface area contributed by atoms with Gasteiger partial charge >= 0.3 is 0 Å². The normalized spacial score (nSPS) is 10.4. The topological polar surface area (TPSA) is 33.2 Å². The molecule has 0 aliphatic heterocycles. The third-order valence-electron chi connectivity index (χ3n) is 2.96. The maximum absolute atomic E-state index is 12.0. The summed E-state index contributed by atoms with van der Waals surface area (Å²) in [5.41, 5.74) is 1.07. The zero-order valence-electron chi connectivity index (χ0n) is 11.1. The van der Waals surface area contributed by atoms with Gasteiger partial charge in [0.1, 0.15) is 0 Å². The Labute approximate surface area is 117 Å². The van der Waals surface area contributed by atoms with E-state index in [0.29, 0.717) is 13.0 Å². The Morgan fingerprint density at radius 2 is 2.26 bits per heavy atom. The van der Waals surface area contributed by atoms with Crippen molar-refractivity contribution in [3.05, 3.63) is 52.5 Å². The Hall–Kier alpha value is -1.68. The molecule has 0 aliphatic carbocycles. The molecule has 0 spiro atoms. The highest BCUT2D eigenvalue weighted by atomic mass is 32.1. The maximum atomic E-state index is 12.0. The SMILES string of the molecule is CN(Cc1cccnc1)C(=O)CCCc1cccs1. The van der Waals surface area contributed by atoms with Crippen molar-refractivity contribution in [1.29, 1.82) is 0 Å².